The summed E-state index contributed by atoms with van der Waals surface area (Å²) in [5.41, 5.74) is 12.5. The molecule has 0 amide bonds. The number of hydrogen-bond acceptors (Lipinski definition) is 1. The fraction of sp³-hybridized carbons (Fsp3) is 0.0244. The zero-order valence-electron chi connectivity index (χ0n) is 23.6. The Morgan fingerprint density at radius 3 is 1.98 bits per heavy atom. The number of benzene rings is 7. The molecule has 0 aliphatic carbocycles. The zero-order chi connectivity index (χ0) is 28.3. The minimum absolute atomic E-state index is 0.820. The van der Waals surface area contributed by atoms with Crippen molar-refractivity contribution in [3.63, 3.8) is 0 Å². The van der Waals surface area contributed by atoms with Crippen LogP contribution in [0.5, 0.6) is 0 Å². The molecular formula is C41H28N2. The number of hydrogen-bond donors (Lipinski definition) is 0. The predicted molar refractivity (Wildman–Crippen MR) is 181 cm³/mol. The molecule has 2 nitrogen and oxygen atoms in total. The van der Waals surface area contributed by atoms with E-state index >= 15 is 0 Å². The lowest BCUT2D eigenvalue weighted by molar-refractivity contribution is 0.963. The van der Waals surface area contributed by atoms with Gasteiger partial charge in [0.1, 0.15) is 0 Å². The molecule has 0 fully saturated rings. The summed E-state index contributed by atoms with van der Waals surface area (Å²) in [6.45, 7) is 0.820. The number of aromatic nitrogens is 1. The topological polar surface area (TPSA) is 8.17 Å². The zero-order valence-corrected chi connectivity index (χ0v) is 23.6. The van der Waals surface area contributed by atoms with Gasteiger partial charge in [0.15, 0.2) is 0 Å². The van der Waals surface area contributed by atoms with E-state index in [2.05, 4.69) is 167 Å². The Bertz CT molecular complexity index is 2300. The highest BCUT2D eigenvalue weighted by Crippen LogP contribution is 2.46. The summed E-state index contributed by atoms with van der Waals surface area (Å²) in [7, 11) is 0. The van der Waals surface area contributed by atoms with Gasteiger partial charge in [-0.2, -0.15) is 0 Å². The molecule has 0 unspecified atom stereocenters. The number of fused-ring (bicyclic) bond motifs is 7. The van der Waals surface area contributed by atoms with E-state index in [0.717, 1.165) is 6.54 Å². The lowest BCUT2D eigenvalue weighted by atomic mass is 9.91. The monoisotopic (exact) mass is 548 g/mol. The van der Waals surface area contributed by atoms with Crippen LogP contribution in [0.25, 0.3) is 60.5 Å². The highest BCUT2D eigenvalue weighted by atomic mass is 15.1. The van der Waals surface area contributed by atoms with E-state index in [1.54, 1.807) is 0 Å². The second-order valence-electron chi connectivity index (χ2n) is 11.4. The summed E-state index contributed by atoms with van der Waals surface area (Å²) in [5, 5.41) is 5.09. The molecule has 0 atom stereocenters. The van der Waals surface area contributed by atoms with Gasteiger partial charge in [0.2, 0.25) is 0 Å². The summed E-state index contributed by atoms with van der Waals surface area (Å²) < 4.78 is 2.46. The third-order valence-electron chi connectivity index (χ3n) is 9.00. The van der Waals surface area contributed by atoms with Crippen molar-refractivity contribution in [2.75, 3.05) is 4.90 Å². The van der Waals surface area contributed by atoms with Gasteiger partial charge in [0.25, 0.3) is 0 Å². The molecule has 0 bridgehead atoms. The molecule has 2 heterocycles. The molecule has 1 aliphatic rings. The van der Waals surface area contributed by atoms with Gasteiger partial charge in [-0.05, 0) is 70.1 Å². The second-order valence-corrected chi connectivity index (χ2v) is 11.4. The third kappa shape index (κ3) is 3.73. The van der Waals surface area contributed by atoms with Crippen LogP contribution in [0.1, 0.15) is 5.56 Å². The number of nitrogens with zero attached hydrogens (tertiary/aromatic N) is 2. The van der Waals surface area contributed by atoms with E-state index in [0.29, 0.717) is 0 Å². The van der Waals surface area contributed by atoms with Crippen molar-refractivity contribution < 1.29 is 0 Å². The SMILES string of the molecule is c1ccc(-c2ccc(N3Cc4cc5c6ccccc6n(-c6cccc7ccccc67)c5cc4-c4ccccc43)cc2)cc1. The van der Waals surface area contributed by atoms with Gasteiger partial charge < -0.3 is 9.47 Å². The lowest BCUT2D eigenvalue weighted by Crippen LogP contribution is -2.21. The van der Waals surface area contributed by atoms with Crippen LogP contribution in [0.2, 0.25) is 0 Å². The van der Waals surface area contributed by atoms with Crippen molar-refractivity contribution in [1.29, 1.82) is 0 Å². The molecule has 0 saturated heterocycles. The molecule has 1 aliphatic heterocycles. The molecule has 0 spiro atoms. The highest BCUT2D eigenvalue weighted by molar-refractivity contribution is 6.12. The quantitative estimate of drug-likeness (QED) is 0.213. The van der Waals surface area contributed by atoms with E-state index < -0.39 is 0 Å². The van der Waals surface area contributed by atoms with Crippen LogP contribution in [-0.4, -0.2) is 4.57 Å². The average molecular weight is 549 g/mol. The third-order valence-corrected chi connectivity index (χ3v) is 9.00. The van der Waals surface area contributed by atoms with Crippen LogP contribution < -0.4 is 4.90 Å². The minimum atomic E-state index is 0.820. The first-order valence-electron chi connectivity index (χ1n) is 14.9. The number of anilines is 2. The first-order valence-corrected chi connectivity index (χ1v) is 14.9. The molecule has 202 valence electrons. The smallest absolute Gasteiger partial charge is 0.0547 e. The van der Waals surface area contributed by atoms with Crippen LogP contribution in [0.4, 0.5) is 11.4 Å². The molecule has 8 aromatic rings. The van der Waals surface area contributed by atoms with Gasteiger partial charge >= 0.3 is 0 Å². The Balaban J connectivity index is 1.24. The summed E-state index contributed by atoms with van der Waals surface area (Å²) >= 11 is 0. The molecule has 0 radical (unpaired) electrons. The Kier molecular flexibility index (Phi) is 5.30. The van der Waals surface area contributed by atoms with Gasteiger partial charge in [-0.3, -0.25) is 0 Å². The summed E-state index contributed by atoms with van der Waals surface area (Å²) in [6, 6.07) is 57.5. The normalized spacial score (nSPS) is 12.5. The predicted octanol–water partition coefficient (Wildman–Crippen LogP) is 10.9. The molecule has 43 heavy (non-hydrogen) atoms. The largest absolute Gasteiger partial charge is 0.336 e. The van der Waals surface area contributed by atoms with Crippen molar-refractivity contribution >= 4 is 44.0 Å². The Morgan fingerprint density at radius 1 is 0.419 bits per heavy atom. The van der Waals surface area contributed by atoms with Crippen molar-refractivity contribution in [2.45, 2.75) is 6.54 Å². The van der Waals surface area contributed by atoms with Gasteiger partial charge in [0, 0.05) is 39.6 Å². The van der Waals surface area contributed by atoms with E-state index in [9.17, 15) is 0 Å². The van der Waals surface area contributed by atoms with E-state index in [1.165, 1.54) is 77.5 Å². The maximum Gasteiger partial charge on any atom is 0.0547 e. The van der Waals surface area contributed by atoms with Crippen molar-refractivity contribution in [3.8, 4) is 27.9 Å². The Labute approximate surface area is 250 Å². The number of rotatable bonds is 3. The standard InChI is InChI=1S/C41H28N2/c1-2-11-28(12-3-1)29-21-23-32(24-22-29)42-27-31-25-37-35-17-7-9-19-40(35)43(39-20-10-14-30-13-4-5-15-33(30)39)41(37)26-36(31)34-16-6-8-18-38(34)42/h1-26H,27H2. The molecule has 0 saturated carbocycles. The fourth-order valence-electron chi connectivity index (χ4n) is 6.99. The van der Waals surface area contributed by atoms with E-state index in [-0.39, 0.29) is 0 Å². The Morgan fingerprint density at radius 2 is 1.09 bits per heavy atom. The van der Waals surface area contributed by atoms with Crippen molar-refractivity contribution in [3.05, 3.63) is 163 Å². The summed E-state index contributed by atoms with van der Waals surface area (Å²) in [5.74, 6) is 0. The van der Waals surface area contributed by atoms with Crippen LogP contribution in [0, 0.1) is 0 Å². The van der Waals surface area contributed by atoms with Gasteiger partial charge in [-0.1, -0.05) is 115 Å². The minimum Gasteiger partial charge on any atom is -0.336 e. The molecular weight excluding hydrogens is 520 g/mol. The highest BCUT2D eigenvalue weighted by Gasteiger charge is 2.25. The molecule has 9 rings (SSSR count). The van der Waals surface area contributed by atoms with Crippen LogP contribution in [0.3, 0.4) is 0 Å². The fourth-order valence-corrected chi connectivity index (χ4v) is 6.99. The van der Waals surface area contributed by atoms with E-state index in [4.69, 9.17) is 0 Å². The van der Waals surface area contributed by atoms with Crippen LogP contribution in [-0.2, 0) is 6.54 Å². The number of para-hydroxylation sites is 2. The summed E-state index contributed by atoms with van der Waals surface area (Å²) in [6.07, 6.45) is 0. The first-order chi connectivity index (χ1) is 21.3. The Hall–Kier alpha value is -5.60. The molecule has 0 N–H and O–H groups in total. The second kappa shape index (κ2) is 9.47. The maximum atomic E-state index is 2.46. The lowest BCUT2D eigenvalue weighted by Gasteiger charge is -2.33. The van der Waals surface area contributed by atoms with E-state index in [1.807, 2.05) is 0 Å². The van der Waals surface area contributed by atoms with Gasteiger partial charge in [-0.25, -0.2) is 0 Å². The van der Waals surface area contributed by atoms with Crippen molar-refractivity contribution in [1.82, 2.24) is 4.57 Å². The molecule has 7 aromatic carbocycles. The first kappa shape index (κ1) is 24.0. The van der Waals surface area contributed by atoms with Crippen LogP contribution >= 0.6 is 0 Å². The van der Waals surface area contributed by atoms with Gasteiger partial charge in [0.05, 0.1) is 16.7 Å². The maximum absolute atomic E-state index is 2.46. The molecule has 1 aromatic heterocycles. The summed E-state index contributed by atoms with van der Waals surface area (Å²) in [4.78, 5) is 2.46. The average Bonchev–Trinajstić information content (AvgIpc) is 3.40. The molecule has 2 heteroatoms. The van der Waals surface area contributed by atoms with Crippen molar-refractivity contribution in [2.24, 2.45) is 0 Å². The van der Waals surface area contributed by atoms with Gasteiger partial charge in [-0.15, -0.1) is 0 Å². The van der Waals surface area contributed by atoms with Crippen LogP contribution in [0.15, 0.2) is 158 Å².